The largest absolute Gasteiger partial charge is 0.414 e. The highest BCUT2D eigenvalue weighted by Gasteiger charge is 2.40. The minimum absolute atomic E-state index is 0.0742. The van der Waals surface area contributed by atoms with Gasteiger partial charge >= 0.3 is 7.60 Å². The van der Waals surface area contributed by atoms with E-state index in [0.717, 1.165) is 6.42 Å². The summed E-state index contributed by atoms with van der Waals surface area (Å²) in [5.74, 6) is 0. The van der Waals surface area contributed by atoms with Crippen molar-refractivity contribution in [1.29, 1.82) is 0 Å². The predicted molar refractivity (Wildman–Crippen MR) is 72.1 cm³/mol. The zero-order valence-corrected chi connectivity index (χ0v) is 13.7. The van der Waals surface area contributed by atoms with E-state index < -0.39 is 15.9 Å². The molecule has 6 heteroatoms. The lowest BCUT2D eigenvalue weighted by Gasteiger charge is -2.36. The third-order valence-electron chi connectivity index (χ3n) is 3.75. The number of hydrogen-bond donors (Lipinski definition) is 0. The standard InChI is InChI=1S/C11H25O4PSi/c1-11(2,3)17(5,6)14-9-10-7-8-16(12,13-4)15-10/h10H,7-9H2,1-6H3. The molecule has 0 aromatic heterocycles. The summed E-state index contributed by atoms with van der Waals surface area (Å²) in [5.41, 5.74) is 0. The van der Waals surface area contributed by atoms with E-state index in [0.29, 0.717) is 12.8 Å². The quantitative estimate of drug-likeness (QED) is 0.582. The summed E-state index contributed by atoms with van der Waals surface area (Å²) in [6.45, 7) is 11.6. The summed E-state index contributed by atoms with van der Waals surface area (Å²) < 4.78 is 28.2. The summed E-state index contributed by atoms with van der Waals surface area (Å²) in [6.07, 6.45) is 1.20. The van der Waals surface area contributed by atoms with Crippen molar-refractivity contribution in [3.8, 4) is 0 Å². The first-order valence-corrected chi connectivity index (χ1v) is 10.7. The highest BCUT2D eigenvalue weighted by atomic mass is 31.2. The minimum Gasteiger partial charge on any atom is -0.414 e. The van der Waals surface area contributed by atoms with Gasteiger partial charge in [0.25, 0.3) is 0 Å². The smallest absolute Gasteiger partial charge is 0.330 e. The molecule has 0 bridgehead atoms. The van der Waals surface area contributed by atoms with E-state index in [-0.39, 0.29) is 11.1 Å². The first kappa shape index (κ1) is 15.4. The molecule has 0 aromatic carbocycles. The van der Waals surface area contributed by atoms with Crippen LogP contribution in [0.4, 0.5) is 0 Å². The normalized spacial score (nSPS) is 30.8. The Kier molecular flexibility index (Phi) is 4.65. The highest BCUT2D eigenvalue weighted by Crippen LogP contribution is 2.54. The lowest BCUT2D eigenvalue weighted by Crippen LogP contribution is -2.42. The fourth-order valence-electron chi connectivity index (χ4n) is 1.40. The van der Waals surface area contributed by atoms with E-state index in [1.165, 1.54) is 7.11 Å². The lowest BCUT2D eigenvalue weighted by molar-refractivity contribution is 0.122. The molecule has 0 aromatic rings. The third-order valence-corrected chi connectivity index (χ3v) is 10.2. The molecular weight excluding hydrogens is 255 g/mol. The van der Waals surface area contributed by atoms with Crippen molar-refractivity contribution in [1.82, 2.24) is 0 Å². The Labute approximate surface area is 106 Å². The lowest BCUT2D eigenvalue weighted by atomic mass is 10.2. The molecule has 17 heavy (non-hydrogen) atoms. The van der Waals surface area contributed by atoms with Crippen molar-refractivity contribution in [2.24, 2.45) is 0 Å². The Morgan fingerprint density at radius 2 is 2.00 bits per heavy atom. The van der Waals surface area contributed by atoms with Crippen LogP contribution in [0.15, 0.2) is 0 Å². The molecule has 1 rings (SSSR count). The summed E-state index contributed by atoms with van der Waals surface area (Å²) in [6, 6.07) is 0. The highest BCUT2D eigenvalue weighted by molar-refractivity contribution is 7.54. The molecule has 0 radical (unpaired) electrons. The summed E-state index contributed by atoms with van der Waals surface area (Å²) in [4.78, 5) is 0. The SMILES string of the molecule is COP1(=O)CCC(CO[Si](C)(C)C(C)(C)C)O1. The molecule has 0 aliphatic carbocycles. The van der Waals surface area contributed by atoms with Gasteiger partial charge in [-0.05, 0) is 24.6 Å². The van der Waals surface area contributed by atoms with E-state index in [2.05, 4.69) is 33.9 Å². The maximum absolute atomic E-state index is 11.8. The van der Waals surface area contributed by atoms with Crippen molar-refractivity contribution in [3.63, 3.8) is 0 Å². The van der Waals surface area contributed by atoms with Crippen LogP contribution in [0, 0.1) is 0 Å². The second-order valence-electron chi connectivity index (χ2n) is 6.10. The molecule has 1 heterocycles. The van der Waals surface area contributed by atoms with Crippen LogP contribution in [0.3, 0.4) is 0 Å². The predicted octanol–water partition coefficient (Wildman–Crippen LogP) is 3.64. The molecule has 2 unspecified atom stereocenters. The van der Waals surface area contributed by atoms with E-state index in [4.69, 9.17) is 13.5 Å². The summed E-state index contributed by atoms with van der Waals surface area (Å²) >= 11 is 0. The van der Waals surface area contributed by atoms with E-state index >= 15 is 0 Å². The fourth-order valence-corrected chi connectivity index (χ4v) is 4.03. The zero-order chi connectivity index (χ0) is 13.3. The second-order valence-corrected chi connectivity index (χ2v) is 13.2. The van der Waals surface area contributed by atoms with Crippen LogP contribution in [0.5, 0.6) is 0 Å². The van der Waals surface area contributed by atoms with Crippen molar-refractivity contribution in [2.45, 2.75) is 51.4 Å². The molecule has 1 saturated heterocycles. The van der Waals surface area contributed by atoms with Crippen molar-refractivity contribution < 1.29 is 18.0 Å². The third kappa shape index (κ3) is 3.90. The Morgan fingerprint density at radius 3 is 2.41 bits per heavy atom. The molecule has 1 aliphatic heterocycles. The topological polar surface area (TPSA) is 44.8 Å². The van der Waals surface area contributed by atoms with E-state index in [1.54, 1.807) is 0 Å². The Bertz CT molecular complexity index is 311. The van der Waals surface area contributed by atoms with Crippen LogP contribution in [0.2, 0.25) is 18.1 Å². The van der Waals surface area contributed by atoms with Gasteiger partial charge in [-0.3, -0.25) is 4.57 Å². The van der Waals surface area contributed by atoms with Gasteiger partial charge in [0, 0.05) is 7.11 Å². The Hall–Kier alpha value is 0.327. The van der Waals surface area contributed by atoms with Gasteiger partial charge in [0.1, 0.15) is 0 Å². The van der Waals surface area contributed by atoms with Gasteiger partial charge in [0.15, 0.2) is 8.32 Å². The van der Waals surface area contributed by atoms with Crippen molar-refractivity contribution in [3.05, 3.63) is 0 Å². The van der Waals surface area contributed by atoms with Crippen molar-refractivity contribution >= 4 is 15.9 Å². The second kappa shape index (κ2) is 5.14. The van der Waals surface area contributed by atoms with Gasteiger partial charge in [-0.15, -0.1) is 0 Å². The molecule has 4 nitrogen and oxygen atoms in total. The molecule has 2 atom stereocenters. The number of hydrogen-bond acceptors (Lipinski definition) is 4. The van der Waals surface area contributed by atoms with E-state index in [1.807, 2.05) is 0 Å². The van der Waals surface area contributed by atoms with Gasteiger partial charge in [0.05, 0.1) is 18.9 Å². The summed E-state index contributed by atoms with van der Waals surface area (Å²) in [7, 11) is -3.09. The molecule has 102 valence electrons. The zero-order valence-electron chi connectivity index (χ0n) is 11.8. The molecule has 0 amide bonds. The minimum atomic E-state index is -2.79. The van der Waals surface area contributed by atoms with Crippen LogP contribution in [0.1, 0.15) is 27.2 Å². The Balaban J connectivity index is 2.46. The average molecular weight is 280 g/mol. The molecule has 1 aliphatic rings. The van der Waals surface area contributed by atoms with Crippen molar-refractivity contribution in [2.75, 3.05) is 19.9 Å². The summed E-state index contributed by atoms with van der Waals surface area (Å²) in [5, 5.41) is 0.191. The van der Waals surface area contributed by atoms with Crippen LogP contribution in [-0.4, -0.2) is 34.3 Å². The van der Waals surface area contributed by atoms with Crippen LogP contribution in [0.25, 0.3) is 0 Å². The average Bonchev–Trinajstić information content (AvgIpc) is 2.57. The van der Waals surface area contributed by atoms with Gasteiger partial charge in [-0.25, -0.2) is 0 Å². The molecule has 1 fully saturated rings. The maximum Gasteiger partial charge on any atom is 0.330 e. The van der Waals surface area contributed by atoms with Crippen LogP contribution in [-0.2, 0) is 18.0 Å². The van der Waals surface area contributed by atoms with E-state index in [9.17, 15) is 4.57 Å². The molecule has 0 spiro atoms. The molecule has 0 N–H and O–H groups in total. The first-order valence-electron chi connectivity index (χ1n) is 6.07. The van der Waals surface area contributed by atoms with Gasteiger partial charge in [-0.1, -0.05) is 20.8 Å². The fraction of sp³-hybridized carbons (Fsp3) is 1.00. The molecular formula is C11H25O4PSi. The number of rotatable bonds is 4. The monoisotopic (exact) mass is 280 g/mol. The van der Waals surface area contributed by atoms with Crippen LogP contribution >= 0.6 is 7.60 Å². The maximum atomic E-state index is 11.8. The molecule has 0 saturated carbocycles. The first-order chi connectivity index (χ1) is 7.60. The van der Waals surface area contributed by atoms with Gasteiger partial charge in [0.2, 0.25) is 0 Å². The van der Waals surface area contributed by atoms with Crippen LogP contribution < -0.4 is 0 Å². The van der Waals surface area contributed by atoms with Gasteiger partial charge in [-0.2, -0.15) is 0 Å². The Morgan fingerprint density at radius 1 is 1.41 bits per heavy atom. The van der Waals surface area contributed by atoms with Gasteiger partial charge < -0.3 is 13.5 Å².